The number of nitrogens with two attached hydrogens (primary N) is 1. The molecule has 0 aliphatic heterocycles. The van der Waals surface area contributed by atoms with Crippen LogP contribution in [-0.4, -0.2) is 36.6 Å². The zero-order chi connectivity index (χ0) is 12.0. The largest absolute Gasteiger partial charge is 0.481 e. The standard InChI is InChI=1S/C9H14N4O3/c1-15-8-6(3-11-4-7(10)14)9(16-2)13-5-12-8/h5,11H,3-4H2,1-2H3,(H2,10,14). The molecule has 0 aromatic carbocycles. The van der Waals surface area contributed by atoms with Gasteiger partial charge in [-0.3, -0.25) is 4.79 Å². The van der Waals surface area contributed by atoms with E-state index in [1.54, 1.807) is 0 Å². The molecule has 3 N–H and O–H groups in total. The Morgan fingerprint density at radius 2 is 1.94 bits per heavy atom. The minimum absolute atomic E-state index is 0.0706. The van der Waals surface area contributed by atoms with Crippen molar-refractivity contribution in [3.8, 4) is 11.8 Å². The highest BCUT2D eigenvalue weighted by atomic mass is 16.5. The van der Waals surface area contributed by atoms with Gasteiger partial charge in [-0.1, -0.05) is 0 Å². The first-order chi connectivity index (χ1) is 7.69. The molecule has 1 aromatic heterocycles. The van der Waals surface area contributed by atoms with Gasteiger partial charge < -0.3 is 20.5 Å². The number of nitrogens with zero attached hydrogens (tertiary/aromatic N) is 2. The van der Waals surface area contributed by atoms with E-state index < -0.39 is 5.91 Å². The van der Waals surface area contributed by atoms with Gasteiger partial charge >= 0.3 is 0 Å². The Morgan fingerprint density at radius 1 is 1.38 bits per heavy atom. The van der Waals surface area contributed by atoms with Crippen LogP contribution in [-0.2, 0) is 11.3 Å². The maximum absolute atomic E-state index is 10.6. The molecule has 88 valence electrons. The lowest BCUT2D eigenvalue weighted by atomic mass is 10.3. The van der Waals surface area contributed by atoms with E-state index in [1.165, 1.54) is 20.5 Å². The summed E-state index contributed by atoms with van der Waals surface area (Å²) in [6, 6.07) is 0. The smallest absolute Gasteiger partial charge is 0.231 e. The number of aromatic nitrogens is 2. The number of carbonyl (C=O) groups is 1. The highest BCUT2D eigenvalue weighted by Gasteiger charge is 2.12. The van der Waals surface area contributed by atoms with Crippen LogP contribution in [0.1, 0.15) is 5.56 Å². The first kappa shape index (κ1) is 12.2. The van der Waals surface area contributed by atoms with Crippen molar-refractivity contribution in [1.82, 2.24) is 15.3 Å². The van der Waals surface area contributed by atoms with Crippen LogP contribution >= 0.6 is 0 Å². The number of nitrogens with one attached hydrogen (secondary N) is 1. The SMILES string of the molecule is COc1ncnc(OC)c1CNCC(N)=O. The minimum atomic E-state index is -0.435. The lowest BCUT2D eigenvalue weighted by molar-refractivity contribution is -0.117. The average Bonchev–Trinajstić information content (AvgIpc) is 2.28. The van der Waals surface area contributed by atoms with Crippen molar-refractivity contribution in [1.29, 1.82) is 0 Å². The van der Waals surface area contributed by atoms with Crippen molar-refractivity contribution in [3.63, 3.8) is 0 Å². The third-order valence-electron chi connectivity index (χ3n) is 1.85. The number of ether oxygens (including phenoxy) is 2. The molecule has 7 nitrogen and oxygen atoms in total. The molecule has 0 fully saturated rings. The Labute approximate surface area is 93.0 Å². The molecule has 7 heteroatoms. The molecule has 0 aliphatic rings. The molecule has 0 saturated carbocycles. The van der Waals surface area contributed by atoms with E-state index in [1.807, 2.05) is 0 Å². The predicted octanol–water partition coefficient (Wildman–Crippen LogP) is -0.931. The lowest BCUT2D eigenvalue weighted by Gasteiger charge is -2.10. The Hall–Kier alpha value is -1.89. The van der Waals surface area contributed by atoms with E-state index in [0.717, 1.165) is 0 Å². The summed E-state index contributed by atoms with van der Waals surface area (Å²) in [7, 11) is 3.00. The second-order valence-electron chi connectivity index (χ2n) is 2.94. The summed E-state index contributed by atoms with van der Waals surface area (Å²) in [4.78, 5) is 18.4. The van der Waals surface area contributed by atoms with Gasteiger partial charge in [0.25, 0.3) is 0 Å². The second-order valence-corrected chi connectivity index (χ2v) is 2.94. The predicted molar refractivity (Wildman–Crippen MR) is 56.0 cm³/mol. The molecule has 16 heavy (non-hydrogen) atoms. The average molecular weight is 226 g/mol. The van der Waals surface area contributed by atoms with Crippen molar-refractivity contribution in [2.24, 2.45) is 5.73 Å². The van der Waals surface area contributed by atoms with E-state index in [4.69, 9.17) is 15.2 Å². The van der Waals surface area contributed by atoms with Gasteiger partial charge in [-0.15, -0.1) is 0 Å². The summed E-state index contributed by atoms with van der Waals surface area (Å²) >= 11 is 0. The molecular formula is C9H14N4O3. The molecule has 0 spiro atoms. The summed E-state index contributed by atoms with van der Waals surface area (Å²) in [5, 5.41) is 2.84. The fraction of sp³-hybridized carbons (Fsp3) is 0.444. The fourth-order valence-corrected chi connectivity index (χ4v) is 1.19. The fourth-order valence-electron chi connectivity index (χ4n) is 1.19. The normalized spacial score (nSPS) is 9.88. The molecule has 0 radical (unpaired) electrons. The van der Waals surface area contributed by atoms with Gasteiger partial charge in [-0.2, -0.15) is 0 Å². The van der Waals surface area contributed by atoms with Gasteiger partial charge in [0.1, 0.15) is 6.33 Å². The Bertz CT molecular complexity index is 348. The maximum Gasteiger partial charge on any atom is 0.231 e. The van der Waals surface area contributed by atoms with E-state index in [2.05, 4.69) is 15.3 Å². The van der Waals surface area contributed by atoms with Crippen molar-refractivity contribution in [3.05, 3.63) is 11.9 Å². The van der Waals surface area contributed by atoms with Gasteiger partial charge in [-0.05, 0) is 0 Å². The number of carbonyl (C=O) groups excluding carboxylic acids is 1. The van der Waals surface area contributed by atoms with Crippen molar-refractivity contribution in [2.45, 2.75) is 6.54 Å². The molecular weight excluding hydrogens is 212 g/mol. The van der Waals surface area contributed by atoms with Crippen LogP contribution in [0.15, 0.2) is 6.33 Å². The summed E-state index contributed by atoms with van der Waals surface area (Å²) in [6.07, 6.45) is 1.34. The quantitative estimate of drug-likeness (QED) is 0.650. The number of rotatable bonds is 6. The van der Waals surface area contributed by atoms with Crippen LogP contribution in [0, 0.1) is 0 Å². The minimum Gasteiger partial charge on any atom is -0.481 e. The summed E-state index contributed by atoms with van der Waals surface area (Å²) < 4.78 is 10.1. The lowest BCUT2D eigenvalue weighted by Crippen LogP contribution is -2.28. The topological polar surface area (TPSA) is 99.4 Å². The first-order valence-corrected chi connectivity index (χ1v) is 4.60. The zero-order valence-corrected chi connectivity index (χ0v) is 9.19. The Balaban J connectivity index is 2.78. The molecule has 0 bridgehead atoms. The third kappa shape index (κ3) is 3.06. The number of hydrogen-bond acceptors (Lipinski definition) is 6. The maximum atomic E-state index is 10.6. The zero-order valence-electron chi connectivity index (χ0n) is 9.19. The number of amides is 1. The van der Waals surface area contributed by atoms with Gasteiger partial charge in [0, 0.05) is 6.54 Å². The van der Waals surface area contributed by atoms with Crippen LogP contribution in [0.5, 0.6) is 11.8 Å². The van der Waals surface area contributed by atoms with E-state index in [0.29, 0.717) is 23.9 Å². The van der Waals surface area contributed by atoms with Gasteiger partial charge in [0.2, 0.25) is 17.7 Å². The van der Waals surface area contributed by atoms with Crippen LogP contribution in [0.2, 0.25) is 0 Å². The molecule has 1 heterocycles. The van der Waals surface area contributed by atoms with Gasteiger partial charge in [0.05, 0.1) is 26.3 Å². The molecule has 1 aromatic rings. The third-order valence-corrected chi connectivity index (χ3v) is 1.85. The first-order valence-electron chi connectivity index (χ1n) is 4.60. The monoisotopic (exact) mass is 226 g/mol. The van der Waals surface area contributed by atoms with Crippen LogP contribution in [0.4, 0.5) is 0 Å². The highest BCUT2D eigenvalue weighted by molar-refractivity contribution is 5.75. The van der Waals surface area contributed by atoms with Gasteiger partial charge in [-0.25, -0.2) is 9.97 Å². The molecule has 0 saturated heterocycles. The van der Waals surface area contributed by atoms with Crippen LogP contribution in [0.25, 0.3) is 0 Å². The van der Waals surface area contributed by atoms with Crippen molar-refractivity contribution in [2.75, 3.05) is 20.8 Å². The number of primary amides is 1. The van der Waals surface area contributed by atoms with E-state index in [9.17, 15) is 4.79 Å². The molecule has 0 aliphatic carbocycles. The number of hydrogen-bond donors (Lipinski definition) is 2. The Kier molecular flexibility index (Phi) is 4.46. The number of methoxy groups -OCH3 is 2. The summed E-state index contributed by atoms with van der Waals surface area (Å²) in [5.74, 6) is 0.377. The Morgan fingerprint density at radius 3 is 2.38 bits per heavy atom. The van der Waals surface area contributed by atoms with Crippen LogP contribution < -0.4 is 20.5 Å². The molecule has 1 rings (SSSR count). The molecule has 1 amide bonds. The highest BCUT2D eigenvalue weighted by Crippen LogP contribution is 2.22. The summed E-state index contributed by atoms with van der Waals surface area (Å²) in [6.45, 7) is 0.414. The van der Waals surface area contributed by atoms with E-state index >= 15 is 0 Å². The van der Waals surface area contributed by atoms with Crippen molar-refractivity contribution < 1.29 is 14.3 Å². The van der Waals surface area contributed by atoms with Crippen LogP contribution in [0.3, 0.4) is 0 Å². The van der Waals surface area contributed by atoms with Gasteiger partial charge in [0.15, 0.2) is 0 Å². The van der Waals surface area contributed by atoms with Crippen molar-refractivity contribution >= 4 is 5.91 Å². The van der Waals surface area contributed by atoms with E-state index in [-0.39, 0.29) is 6.54 Å². The second kappa shape index (κ2) is 5.86. The summed E-state index contributed by atoms with van der Waals surface area (Å²) in [5.41, 5.74) is 5.65. The molecule has 0 atom stereocenters. The molecule has 0 unspecified atom stereocenters.